The number of ether oxygens (including phenoxy) is 1. The van der Waals surface area contributed by atoms with Crippen molar-refractivity contribution in [3.05, 3.63) is 69.8 Å². The number of hydrogen-bond acceptors (Lipinski definition) is 1. The highest BCUT2D eigenvalue weighted by Crippen LogP contribution is 2.37. The van der Waals surface area contributed by atoms with Crippen molar-refractivity contribution < 1.29 is 22.3 Å². The molecule has 2 fully saturated rings. The SMILES string of the molecule is Cc1ccc(C2CCC(C#Cc3ccc(C4CCCCO4)c(F)c3F)CC2)c(F)c1F. The van der Waals surface area contributed by atoms with Crippen LogP contribution in [0.5, 0.6) is 0 Å². The van der Waals surface area contributed by atoms with Crippen LogP contribution < -0.4 is 0 Å². The number of rotatable bonds is 2. The molecule has 1 saturated heterocycles. The van der Waals surface area contributed by atoms with E-state index in [-0.39, 0.29) is 23.0 Å². The second-order valence-corrected chi connectivity index (χ2v) is 8.60. The Balaban J connectivity index is 1.42. The van der Waals surface area contributed by atoms with Gasteiger partial charge < -0.3 is 4.74 Å². The molecule has 31 heavy (non-hydrogen) atoms. The number of benzene rings is 2. The third-order valence-electron chi connectivity index (χ3n) is 6.52. The first-order chi connectivity index (χ1) is 15.0. The van der Waals surface area contributed by atoms with Gasteiger partial charge in [-0.05, 0) is 75.0 Å². The third kappa shape index (κ3) is 4.65. The lowest BCUT2D eigenvalue weighted by molar-refractivity contribution is 0.0125. The molecule has 1 nitrogen and oxygen atoms in total. The summed E-state index contributed by atoms with van der Waals surface area (Å²) < 4.78 is 62.8. The van der Waals surface area contributed by atoms with Crippen LogP contribution in [0, 0.1) is 48.0 Å². The molecule has 1 saturated carbocycles. The van der Waals surface area contributed by atoms with E-state index in [1.807, 2.05) is 0 Å². The minimum absolute atomic E-state index is 0.0263. The van der Waals surface area contributed by atoms with Gasteiger partial charge in [0.25, 0.3) is 0 Å². The number of halogens is 4. The predicted octanol–water partition coefficient (Wildman–Crippen LogP) is 7.12. The highest BCUT2D eigenvalue weighted by molar-refractivity contribution is 5.40. The average molecular weight is 430 g/mol. The molecule has 2 aromatic rings. The van der Waals surface area contributed by atoms with Crippen molar-refractivity contribution >= 4 is 0 Å². The lowest BCUT2D eigenvalue weighted by atomic mass is 9.78. The first-order valence-electron chi connectivity index (χ1n) is 11.0. The van der Waals surface area contributed by atoms with Gasteiger partial charge in [-0.25, -0.2) is 17.6 Å². The highest BCUT2D eigenvalue weighted by Gasteiger charge is 2.26. The summed E-state index contributed by atoms with van der Waals surface area (Å²) in [5.41, 5.74) is 1.03. The molecule has 0 N–H and O–H groups in total. The van der Waals surface area contributed by atoms with Crippen molar-refractivity contribution in [1.82, 2.24) is 0 Å². The van der Waals surface area contributed by atoms with Crippen LogP contribution in [0.2, 0.25) is 0 Å². The zero-order chi connectivity index (χ0) is 22.0. The van der Waals surface area contributed by atoms with Gasteiger partial charge in [-0.2, -0.15) is 0 Å². The topological polar surface area (TPSA) is 9.23 Å². The lowest BCUT2D eigenvalue weighted by Gasteiger charge is -2.26. The molecule has 0 bridgehead atoms. The van der Waals surface area contributed by atoms with Crippen LogP contribution in [0.25, 0.3) is 0 Å². The van der Waals surface area contributed by atoms with Gasteiger partial charge in [0.1, 0.15) is 0 Å². The van der Waals surface area contributed by atoms with Crippen LogP contribution in [0.1, 0.15) is 79.2 Å². The maximum absolute atomic E-state index is 14.6. The molecule has 1 aliphatic carbocycles. The Kier molecular flexibility index (Phi) is 6.67. The Morgan fingerprint density at radius 3 is 2.19 bits per heavy atom. The Morgan fingerprint density at radius 2 is 1.48 bits per heavy atom. The van der Waals surface area contributed by atoms with Crippen LogP contribution in [0.4, 0.5) is 17.6 Å². The van der Waals surface area contributed by atoms with E-state index in [4.69, 9.17) is 4.74 Å². The standard InChI is InChI=1S/C26H26F4O/c1-16-5-13-20(25(29)23(16)27)18-9-6-17(7-10-18)8-11-19-12-14-21(26(30)24(19)28)22-4-2-3-15-31-22/h5,12-14,17-18,22H,2-4,6-7,9-10,15H2,1H3. The first-order valence-corrected chi connectivity index (χ1v) is 11.0. The molecular formula is C26H26F4O. The molecule has 0 amide bonds. The van der Waals surface area contributed by atoms with Crippen LogP contribution in [-0.2, 0) is 4.74 Å². The molecule has 1 heterocycles. The van der Waals surface area contributed by atoms with E-state index in [1.54, 1.807) is 25.1 Å². The fraction of sp³-hybridized carbons (Fsp3) is 0.462. The van der Waals surface area contributed by atoms with Crippen LogP contribution in [0.3, 0.4) is 0 Å². The maximum Gasteiger partial charge on any atom is 0.174 e. The van der Waals surface area contributed by atoms with Gasteiger partial charge in [0.15, 0.2) is 23.3 Å². The lowest BCUT2D eigenvalue weighted by Crippen LogP contribution is -2.14. The molecule has 5 heteroatoms. The molecule has 1 atom stereocenters. The van der Waals surface area contributed by atoms with E-state index in [1.165, 1.54) is 6.07 Å². The van der Waals surface area contributed by atoms with E-state index in [0.29, 0.717) is 49.8 Å². The molecule has 0 radical (unpaired) electrons. The molecule has 4 rings (SSSR count). The Bertz CT molecular complexity index is 1010. The summed E-state index contributed by atoms with van der Waals surface area (Å²) in [4.78, 5) is 0. The van der Waals surface area contributed by atoms with E-state index < -0.39 is 29.4 Å². The molecule has 0 aromatic heterocycles. The van der Waals surface area contributed by atoms with Gasteiger partial charge >= 0.3 is 0 Å². The first kappa shape index (κ1) is 21.9. The molecule has 2 aliphatic rings. The second-order valence-electron chi connectivity index (χ2n) is 8.60. The summed E-state index contributed by atoms with van der Waals surface area (Å²) in [6.45, 7) is 2.11. The van der Waals surface area contributed by atoms with E-state index in [9.17, 15) is 17.6 Å². The summed E-state index contributed by atoms with van der Waals surface area (Å²) in [6.07, 6.45) is 4.98. The molecule has 1 unspecified atom stereocenters. The van der Waals surface area contributed by atoms with Crippen LogP contribution in [0.15, 0.2) is 24.3 Å². The smallest absolute Gasteiger partial charge is 0.174 e. The monoisotopic (exact) mass is 430 g/mol. The summed E-state index contributed by atoms with van der Waals surface area (Å²) >= 11 is 0. The van der Waals surface area contributed by atoms with Crippen molar-refractivity contribution in [2.24, 2.45) is 5.92 Å². The molecular weight excluding hydrogens is 404 g/mol. The van der Waals surface area contributed by atoms with Crippen molar-refractivity contribution in [2.45, 2.75) is 63.9 Å². The number of hydrogen-bond donors (Lipinski definition) is 0. The minimum Gasteiger partial charge on any atom is -0.373 e. The van der Waals surface area contributed by atoms with Gasteiger partial charge in [-0.15, -0.1) is 0 Å². The van der Waals surface area contributed by atoms with E-state index in [2.05, 4.69) is 11.8 Å². The Morgan fingerprint density at radius 1 is 0.774 bits per heavy atom. The number of aryl methyl sites for hydroxylation is 1. The van der Waals surface area contributed by atoms with Crippen molar-refractivity contribution in [2.75, 3.05) is 6.61 Å². The maximum atomic E-state index is 14.6. The van der Waals surface area contributed by atoms with Crippen molar-refractivity contribution in [3.63, 3.8) is 0 Å². The van der Waals surface area contributed by atoms with Gasteiger partial charge in [0.2, 0.25) is 0 Å². The summed E-state index contributed by atoms with van der Waals surface area (Å²) in [7, 11) is 0. The summed E-state index contributed by atoms with van der Waals surface area (Å²) in [5.74, 6) is 2.50. The second kappa shape index (κ2) is 9.44. The predicted molar refractivity (Wildman–Crippen MR) is 112 cm³/mol. The van der Waals surface area contributed by atoms with Gasteiger partial charge in [0, 0.05) is 18.1 Å². The van der Waals surface area contributed by atoms with Crippen molar-refractivity contribution in [3.8, 4) is 11.8 Å². The van der Waals surface area contributed by atoms with E-state index in [0.717, 1.165) is 12.8 Å². The van der Waals surface area contributed by atoms with Crippen molar-refractivity contribution in [1.29, 1.82) is 0 Å². The summed E-state index contributed by atoms with van der Waals surface area (Å²) in [5, 5.41) is 0. The van der Waals surface area contributed by atoms with Gasteiger partial charge in [-0.1, -0.05) is 30.0 Å². The quantitative estimate of drug-likeness (QED) is 0.364. The molecule has 164 valence electrons. The van der Waals surface area contributed by atoms with Crippen LogP contribution >= 0.6 is 0 Å². The van der Waals surface area contributed by atoms with Crippen LogP contribution in [-0.4, -0.2) is 6.61 Å². The average Bonchev–Trinajstić information content (AvgIpc) is 2.80. The molecule has 1 aliphatic heterocycles. The van der Waals surface area contributed by atoms with Gasteiger partial charge in [0.05, 0.1) is 11.7 Å². The fourth-order valence-electron chi connectivity index (χ4n) is 4.60. The zero-order valence-electron chi connectivity index (χ0n) is 17.6. The largest absolute Gasteiger partial charge is 0.373 e. The highest BCUT2D eigenvalue weighted by atomic mass is 19.2. The Hall–Kier alpha value is -2.32. The summed E-state index contributed by atoms with van der Waals surface area (Å²) in [6, 6.07) is 6.37. The normalized spacial score (nSPS) is 23.8. The zero-order valence-corrected chi connectivity index (χ0v) is 17.6. The van der Waals surface area contributed by atoms with E-state index >= 15 is 0 Å². The fourth-order valence-corrected chi connectivity index (χ4v) is 4.60. The third-order valence-corrected chi connectivity index (χ3v) is 6.52. The minimum atomic E-state index is -0.926. The molecule has 0 spiro atoms. The van der Waals surface area contributed by atoms with Gasteiger partial charge in [-0.3, -0.25) is 0 Å². The molecule has 2 aromatic carbocycles. The Labute approximate surface area is 180 Å².